The van der Waals surface area contributed by atoms with Gasteiger partial charge in [-0.2, -0.15) is 0 Å². The van der Waals surface area contributed by atoms with Gasteiger partial charge in [-0.1, -0.05) is 6.07 Å². The lowest BCUT2D eigenvalue weighted by Gasteiger charge is -2.14. The number of fused-ring (bicyclic) bond motifs is 1. The first kappa shape index (κ1) is 15.9. The number of nitrogens with one attached hydrogen (secondary N) is 1. The fourth-order valence-electron chi connectivity index (χ4n) is 2.58. The zero-order valence-corrected chi connectivity index (χ0v) is 13.9. The Kier molecular flexibility index (Phi) is 4.41. The molecule has 126 valence electrons. The molecule has 0 saturated heterocycles. The second-order valence-electron chi connectivity index (χ2n) is 5.38. The van der Waals surface area contributed by atoms with Crippen LogP contribution in [0.1, 0.15) is 5.56 Å². The Balaban J connectivity index is 1.74. The smallest absolute Gasteiger partial charge is 0.350 e. The molecular formula is C17H20N4O3. The maximum atomic E-state index is 12.2. The third kappa shape index (κ3) is 2.92. The fraction of sp³-hybridized carbons (Fsp3) is 0.294. The van der Waals surface area contributed by atoms with Crippen molar-refractivity contribution in [2.45, 2.75) is 13.5 Å². The molecule has 0 radical (unpaired) electrons. The van der Waals surface area contributed by atoms with Gasteiger partial charge in [0.15, 0.2) is 17.1 Å². The zero-order valence-electron chi connectivity index (χ0n) is 13.9. The Labute approximate surface area is 139 Å². The average Bonchev–Trinajstić information content (AvgIpc) is 2.92. The molecule has 0 aliphatic rings. The zero-order chi connectivity index (χ0) is 17.1. The number of pyridine rings is 1. The fourth-order valence-corrected chi connectivity index (χ4v) is 2.58. The molecule has 7 nitrogen and oxygen atoms in total. The van der Waals surface area contributed by atoms with Gasteiger partial charge in [-0.05, 0) is 30.7 Å². The summed E-state index contributed by atoms with van der Waals surface area (Å²) in [5.74, 6) is 1.35. The number of ether oxygens (including phenoxy) is 2. The monoisotopic (exact) mass is 328 g/mol. The number of rotatable bonds is 6. The van der Waals surface area contributed by atoms with Gasteiger partial charge in [0.25, 0.3) is 0 Å². The van der Waals surface area contributed by atoms with Crippen LogP contribution in [0, 0.1) is 6.92 Å². The topological polar surface area (TPSA) is 69.8 Å². The van der Waals surface area contributed by atoms with Gasteiger partial charge >= 0.3 is 5.69 Å². The molecule has 2 heterocycles. The van der Waals surface area contributed by atoms with Crippen LogP contribution in [0.3, 0.4) is 0 Å². The van der Waals surface area contributed by atoms with Crippen LogP contribution in [0.4, 0.5) is 5.69 Å². The summed E-state index contributed by atoms with van der Waals surface area (Å²) in [7, 11) is 3.22. The molecule has 1 N–H and O–H groups in total. The summed E-state index contributed by atoms with van der Waals surface area (Å²) in [6.45, 7) is 3.02. The highest BCUT2D eigenvalue weighted by atomic mass is 16.5. The minimum absolute atomic E-state index is 0.142. The SMILES string of the molecule is COc1cc(C)c(NCCn2nc3ccccn3c2=O)cc1OC. The summed E-state index contributed by atoms with van der Waals surface area (Å²) in [5.41, 5.74) is 2.47. The van der Waals surface area contributed by atoms with Crippen molar-refractivity contribution in [3.05, 3.63) is 52.6 Å². The Morgan fingerprint density at radius 1 is 1.17 bits per heavy atom. The van der Waals surface area contributed by atoms with Gasteiger partial charge in [0.05, 0.1) is 20.8 Å². The maximum absolute atomic E-state index is 12.2. The second kappa shape index (κ2) is 6.66. The lowest BCUT2D eigenvalue weighted by molar-refractivity contribution is 0.355. The van der Waals surface area contributed by atoms with Gasteiger partial charge in [0.2, 0.25) is 0 Å². The largest absolute Gasteiger partial charge is 0.493 e. The van der Waals surface area contributed by atoms with Crippen LogP contribution in [0.15, 0.2) is 41.3 Å². The molecule has 0 atom stereocenters. The van der Waals surface area contributed by atoms with Crippen LogP contribution in [0.5, 0.6) is 11.5 Å². The van der Waals surface area contributed by atoms with Crippen molar-refractivity contribution >= 4 is 11.3 Å². The van der Waals surface area contributed by atoms with Gasteiger partial charge in [-0.15, -0.1) is 5.10 Å². The number of hydrogen-bond acceptors (Lipinski definition) is 5. The predicted molar refractivity (Wildman–Crippen MR) is 92.2 cm³/mol. The predicted octanol–water partition coefficient (Wildman–Crippen LogP) is 1.93. The molecule has 0 aliphatic heterocycles. The number of aromatic nitrogens is 3. The number of anilines is 1. The van der Waals surface area contributed by atoms with Crippen molar-refractivity contribution < 1.29 is 9.47 Å². The van der Waals surface area contributed by atoms with E-state index in [2.05, 4.69) is 10.4 Å². The second-order valence-corrected chi connectivity index (χ2v) is 5.38. The van der Waals surface area contributed by atoms with Crippen molar-refractivity contribution in [3.63, 3.8) is 0 Å². The summed E-state index contributed by atoms with van der Waals surface area (Å²) in [5, 5.41) is 7.62. The molecule has 0 amide bonds. The highest BCUT2D eigenvalue weighted by Gasteiger charge is 2.09. The molecule has 0 aliphatic carbocycles. The number of nitrogens with zero attached hydrogens (tertiary/aromatic N) is 3. The highest BCUT2D eigenvalue weighted by molar-refractivity contribution is 5.60. The summed E-state index contributed by atoms with van der Waals surface area (Å²) in [6, 6.07) is 9.28. The first-order valence-corrected chi connectivity index (χ1v) is 7.64. The van der Waals surface area contributed by atoms with Crippen molar-refractivity contribution in [1.29, 1.82) is 0 Å². The van der Waals surface area contributed by atoms with Crippen LogP contribution in [0.25, 0.3) is 5.65 Å². The van der Waals surface area contributed by atoms with Gasteiger partial charge in [-0.25, -0.2) is 9.48 Å². The van der Waals surface area contributed by atoms with E-state index in [0.29, 0.717) is 30.2 Å². The number of methoxy groups -OCH3 is 2. The van der Waals surface area contributed by atoms with Crippen LogP contribution >= 0.6 is 0 Å². The van der Waals surface area contributed by atoms with Gasteiger partial charge < -0.3 is 14.8 Å². The van der Waals surface area contributed by atoms with E-state index in [4.69, 9.17) is 9.47 Å². The summed E-state index contributed by atoms with van der Waals surface area (Å²) < 4.78 is 13.6. The van der Waals surface area contributed by atoms with E-state index < -0.39 is 0 Å². The van der Waals surface area contributed by atoms with E-state index >= 15 is 0 Å². The van der Waals surface area contributed by atoms with Gasteiger partial charge in [0, 0.05) is 24.5 Å². The van der Waals surface area contributed by atoms with E-state index in [-0.39, 0.29) is 5.69 Å². The molecule has 3 rings (SSSR count). The first-order valence-electron chi connectivity index (χ1n) is 7.64. The summed E-state index contributed by atoms with van der Waals surface area (Å²) in [6.07, 6.45) is 1.72. The first-order chi connectivity index (χ1) is 11.6. The summed E-state index contributed by atoms with van der Waals surface area (Å²) in [4.78, 5) is 12.2. The third-order valence-corrected chi connectivity index (χ3v) is 3.86. The number of aryl methyl sites for hydroxylation is 1. The molecule has 0 bridgehead atoms. The van der Waals surface area contributed by atoms with Crippen LogP contribution < -0.4 is 20.5 Å². The lowest BCUT2D eigenvalue weighted by Crippen LogP contribution is -2.24. The van der Waals surface area contributed by atoms with E-state index in [1.807, 2.05) is 37.3 Å². The van der Waals surface area contributed by atoms with E-state index in [1.54, 1.807) is 20.4 Å². The average molecular weight is 328 g/mol. The molecule has 7 heteroatoms. The molecule has 0 unspecified atom stereocenters. The number of benzene rings is 1. The Hall–Kier alpha value is -2.96. The van der Waals surface area contributed by atoms with Crippen molar-refractivity contribution in [2.24, 2.45) is 0 Å². The van der Waals surface area contributed by atoms with E-state index in [0.717, 1.165) is 11.3 Å². The van der Waals surface area contributed by atoms with Crippen molar-refractivity contribution in [2.75, 3.05) is 26.1 Å². The molecular weight excluding hydrogens is 308 g/mol. The van der Waals surface area contributed by atoms with Crippen LogP contribution in [-0.2, 0) is 6.54 Å². The molecule has 3 aromatic rings. The molecule has 0 saturated carbocycles. The Morgan fingerprint density at radius 2 is 1.92 bits per heavy atom. The van der Waals surface area contributed by atoms with E-state index in [1.165, 1.54) is 9.08 Å². The van der Waals surface area contributed by atoms with Crippen molar-refractivity contribution in [1.82, 2.24) is 14.2 Å². The summed E-state index contributed by atoms with van der Waals surface area (Å²) >= 11 is 0. The van der Waals surface area contributed by atoms with Crippen LogP contribution in [-0.4, -0.2) is 34.9 Å². The maximum Gasteiger partial charge on any atom is 0.350 e. The van der Waals surface area contributed by atoms with Gasteiger partial charge in [0.1, 0.15) is 0 Å². The molecule has 1 aromatic carbocycles. The minimum atomic E-state index is -0.142. The minimum Gasteiger partial charge on any atom is -0.493 e. The molecule has 0 fully saturated rings. The Morgan fingerprint density at radius 3 is 2.62 bits per heavy atom. The molecule has 24 heavy (non-hydrogen) atoms. The van der Waals surface area contributed by atoms with Crippen LogP contribution in [0.2, 0.25) is 0 Å². The standard InChI is InChI=1S/C17H20N4O3/c1-12-10-14(23-2)15(24-3)11-13(12)18-7-9-21-17(22)20-8-5-4-6-16(20)19-21/h4-6,8,10-11,18H,7,9H2,1-3H3. The Bertz CT molecular complexity index is 914. The van der Waals surface area contributed by atoms with E-state index in [9.17, 15) is 4.79 Å². The van der Waals surface area contributed by atoms with Gasteiger partial charge in [-0.3, -0.25) is 4.40 Å². The molecule has 2 aromatic heterocycles. The quantitative estimate of drug-likeness (QED) is 0.749. The molecule has 0 spiro atoms. The normalized spacial score (nSPS) is 10.8. The number of hydrogen-bond donors (Lipinski definition) is 1. The van der Waals surface area contributed by atoms with Crippen molar-refractivity contribution in [3.8, 4) is 11.5 Å². The highest BCUT2D eigenvalue weighted by Crippen LogP contribution is 2.32. The third-order valence-electron chi connectivity index (χ3n) is 3.86. The lowest BCUT2D eigenvalue weighted by atomic mass is 10.1.